The van der Waals surface area contributed by atoms with Gasteiger partial charge in [-0.2, -0.15) is 10.2 Å². The van der Waals surface area contributed by atoms with Crippen molar-refractivity contribution in [1.82, 2.24) is 20.0 Å². The molecule has 6 heteroatoms. The van der Waals surface area contributed by atoms with E-state index in [0.717, 1.165) is 16.6 Å². The van der Waals surface area contributed by atoms with Gasteiger partial charge in [-0.15, -0.1) is 0 Å². The van der Waals surface area contributed by atoms with E-state index >= 15 is 0 Å². The van der Waals surface area contributed by atoms with Crippen LogP contribution in [0.3, 0.4) is 0 Å². The molecule has 3 aromatic rings. The molecule has 0 fully saturated rings. The van der Waals surface area contributed by atoms with Gasteiger partial charge in [0.05, 0.1) is 5.52 Å². The first-order valence-corrected chi connectivity index (χ1v) is 5.88. The number of nitrogens with one attached hydrogen (secondary N) is 2. The minimum absolute atomic E-state index is 0.195. The topological polar surface area (TPSA) is 75.6 Å². The molecule has 1 amide bonds. The van der Waals surface area contributed by atoms with Gasteiger partial charge >= 0.3 is 0 Å². The number of hydrogen-bond donors (Lipinski definition) is 2. The fraction of sp³-hybridized carbons (Fsp3) is 0.154. The van der Waals surface area contributed by atoms with Crippen molar-refractivity contribution >= 4 is 22.6 Å². The molecule has 0 bridgehead atoms. The highest BCUT2D eigenvalue weighted by Crippen LogP contribution is 2.15. The molecule has 96 valence electrons. The van der Waals surface area contributed by atoms with Gasteiger partial charge in [0.2, 0.25) is 0 Å². The Kier molecular flexibility index (Phi) is 2.56. The van der Waals surface area contributed by atoms with Crippen LogP contribution in [-0.2, 0) is 7.05 Å². The molecule has 2 aromatic heterocycles. The van der Waals surface area contributed by atoms with Crippen molar-refractivity contribution in [2.75, 3.05) is 5.32 Å². The van der Waals surface area contributed by atoms with E-state index in [9.17, 15) is 4.79 Å². The molecule has 1 aromatic carbocycles. The quantitative estimate of drug-likeness (QED) is 0.733. The first-order chi connectivity index (χ1) is 9.11. The van der Waals surface area contributed by atoms with E-state index in [1.165, 1.54) is 0 Å². The predicted octanol–water partition coefficient (Wildman–Crippen LogP) is 1.86. The molecule has 0 radical (unpaired) electrons. The fourth-order valence-electron chi connectivity index (χ4n) is 1.95. The fourth-order valence-corrected chi connectivity index (χ4v) is 1.95. The SMILES string of the molecule is Cc1cc(NC(=O)c2ccc3cn(C)nc3c2)n[nH]1. The number of amides is 1. The van der Waals surface area contributed by atoms with Gasteiger partial charge in [-0.3, -0.25) is 14.6 Å². The zero-order valence-corrected chi connectivity index (χ0v) is 10.6. The standard InChI is InChI=1S/C13H13N5O/c1-8-5-12(16-15-8)14-13(19)9-3-4-10-7-18(2)17-11(10)6-9/h3-7H,1-2H3,(H2,14,15,16,19). The van der Waals surface area contributed by atoms with Crippen molar-refractivity contribution in [3.8, 4) is 0 Å². The highest BCUT2D eigenvalue weighted by atomic mass is 16.1. The maximum absolute atomic E-state index is 12.1. The van der Waals surface area contributed by atoms with Crippen LogP contribution in [0.5, 0.6) is 0 Å². The second-order valence-electron chi connectivity index (χ2n) is 4.47. The number of anilines is 1. The number of carbonyl (C=O) groups is 1. The third kappa shape index (κ3) is 2.20. The Bertz CT molecular complexity index is 755. The van der Waals surface area contributed by atoms with Crippen LogP contribution in [0, 0.1) is 6.92 Å². The zero-order chi connectivity index (χ0) is 13.4. The monoisotopic (exact) mass is 255 g/mol. The molecule has 0 spiro atoms. The van der Waals surface area contributed by atoms with Crippen LogP contribution >= 0.6 is 0 Å². The van der Waals surface area contributed by atoms with Gasteiger partial charge in [0, 0.05) is 36.0 Å². The number of hydrogen-bond acceptors (Lipinski definition) is 3. The van der Waals surface area contributed by atoms with Crippen LogP contribution in [0.2, 0.25) is 0 Å². The summed E-state index contributed by atoms with van der Waals surface area (Å²) in [5.74, 6) is 0.322. The van der Waals surface area contributed by atoms with Crippen LogP contribution in [0.15, 0.2) is 30.5 Å². The van der Waals surface area contributed by atoms with Gasteiger partial charge < -0.3 is 5.32 Å². The summed E-state index contributed by atoms with van der Waals surface area (Å²) < 4.78 is 1.73. The van der Waals surface area contributed by atoms with Gasteiger partial charge in [-0.1, -0.05) is 6.07 Å². The third-order valence-electron chi connectivity index (χ3n) is 2.83. The maximum Gasteiger partial charge on any atom is 0.256 e. The molecule has 3 rings (SSSR count). The molecule has 0 aliphatic rings. The van der Waals surface area contributed by atoms with Crippen molar-refractivity contribution in [1.29, 1.82) is 0 Å². The number of aromatic nitrogens is 4. The number of fused-ring (bicyclic) bond motifs is 1. The van der Waals surface area contributed by atoms with Crippen LogP contribution in [0.1, 0.15) is 16.1 Å². The van der Waals surface area contributed by atoms with Gasteiger partial charge in [-0.25, -0.2) is 0 Å². The molecular weight excluding hydrogens is 242 g/mol. The molecule has 0 atom stereocenters. The lowest BCUT2D eigenvalue weighted by Gasteiger charge is -2.01. The Morgan fingerprint density at radius 2 is 2.21 bits per heavy atom. The van der Waals surface area contributed by atoms with E-state index in [1.54, 1.807) is 22.9 Å². The van der Waals surface area contributed by atoms with Crippen molar-refractivity contribution < 1.29 is 4.79 Å². The normalized spacial score (nSPS) is 10.8. The summed E-state index contributed by atoms with van der Waals surface area (Å²) in [7, 11) is 1.85. The number of aryl methyl sites for hydroxylation is 2. The number of H-pyrrole nitrogens is 1. The Morgan fingerprint density at radius 1 is 1.37 bits per heavy atom. The third-order valence-corrected chi connectivity index (χ3v) is 2.83. The molecule has 6 nitrogen and oxygen atoms in total. The van der Waals surface area contributed by atoms with E-state index in [1.807, 2.05) is 26.2 Å². The van der Waals surface area contributed by atoms with Crippen molar-refractivity contribution in [2.45, 2.75) is 6.92 Å². The average Bonchev–Trinajstić information content (AvgIpc) is 2.93. The molecule has 0 unspecified atom stereocenters. The number of benzene rings is 1. The Morgan fingerprint density at radius 3 is 2.95 bits per heavy atom. The molecule has 2 heterocycles. The first kappa shape index (κ1) is 11.5. The highest BCUT2D eigenvalue weighted by molar-refractivity contribution is 6.05. The molecular formula is C13H13N5O. The van der Waals surface area contributed by atoms with Crippen LogP contribution in [-0.4, -0.2) is 25.9 Å². The minimum atomic E-state index is -0.195. The number of rotatable bonds is 2. The van der Waals surface area contributed by atoms with Crippen LogP contribution in [0.4, 0.5) is 5.82 Å². The molecule has 2 N–H and O–H groups in total. The molecule has 0 saturated carbocycles. The van der Waals surface area contributed by atoms with Gasteiger partial charge in [0.15, 0.2) is 5.82 Å². The smallest absolute Gasteiger partial charge is 0.256 e. The van der Waals surface area contributed by atoms with E-state index in [4.69, 9.17) is 0 Å². The molecule has 0 aliphatic carbocycles. The lowest BCUT2D eigenvalue weighted by atomic mass is 10.1. The Hall–Kier alpha value is -2.63. The summed E-state index contributed by atoms with van der Waals surface area (Å²) in [5.41, 5.74) is 2.26. The van der Waals surface area contributed by atoms with Crippen molar-refractivity contribution in [3.63, 3.8) is 0 Å². The summed E-state index contributed by atoms with van der Waals surface area (Å²) in [5, 5.41) is 14.8. The highest BCUT2D eigenvalue weighted by Gasteiger charge is 2.09. The summed E-state index contributed by atoms with van der Waals surface area (Å²) in [6, 6.07) is 7.20. The molecule has 0 saturated heterocycles. The summed E-state index contributed by atoms with van der Waals surface area (Å²) in [6.45, 7) is 1.88. The Balaban J connectivity index is 1.88. The maximum atomic E-state index is 12.1. The van der Waals surface area contributed by atoms with Gasteiger partial charge in [0.1, 0.15) is 0 Å². The van der Waals surface area contributed by atoms with E-state index in [2.05, 4.69) is 20.6 Å². The molecule has 19 heavy (non-hydrogen) atoms. The first-order valence-electron chi connectivity index (χ1n) is 5.88. The summed E-state index contributed by atoms with van der Waals surface area (Å²) >= 11 is 0. The average molecular weight is 255 g/mol. The minimum Gasteiger partial charge on any atom is -0.305 e. The number of aromatic amines is 1. The summed E-state index contributed by atoms with van der Waals surface area (Å²) in [4.78, 5) is 12.1. The van der Waals surface area contributed by atoms with Crippen LogP contribution < -0.4 is 5.32 Å². The predicted molar refractivity (Wildman–Crippen MR) is 72.0 cm³/mol. The number of carbonyl (C=O) groups excluding carboxylic acids is 1. The second-order valence-corrected chi connectivity index (χ2v) is 4.47. The lowest BCUT2D eigenvalue weighted by Crippen LogP contribution is -2.12. The van der Waals surface area contributed by atoms with E-state index in [-0.39, 0.29) is 5.91 Å². The summed E-state index contributed by atoms with van der Waals surface area (Å²) in [6.07, 6.45) is 1.91. The van der Waals surface area contributed by atoms with E-state index in [0.29, 0.717) is 11.4 Å². The van der Waals surface area contributed by atoms with Crippen molar-refractivity contribution in [3.05, 3.63) is 41.7 Å². The van der Waals surface area contributed by atoms with E-state index < -0.39 is 0 Å². The lowest BCUT2D eigenvalue weighted by molar-refractivity contribution is 0.102. The zero-order valence-electron chi connectivity index (χ0n) is 10.6. The molecule has 0 aliphatic heterocycles. The van der Waals surface area contributed by atoms with Crippen molar-refractivity contribution in [2.24, 2.45) is 7.05 Å². The second kappa shape index (κ2) is 4.24. The number of nitrogens with zero attached hydrogens (tertiary/aromatic N) is 3. The largest absolute Gasteiger partial charge is 0.305 e. The Labute approximate surface area is 109 Å². The van der Waals surface area contributed by atoms with Gasteiger partial charge in [-0.05, 0) is 19.1 Å². The van der Waals surface area contributed by atoms with Crippen LogP contribution in [0.25, 0.3) is 10.9 Å². The van der Waals surface area contributed by atoms with Gasteiger partial charge in [0.25, 0.3) is 5.91 Å².